The second-order valence-electron chi connectivity index (χ2n) is 5.70. The van der Waals surface area contributed by atoms with Crippen LogP contribution in [-0.4, -0.2) is 62.7 Å². The maximum absolute atomic E-state index is 12.2. The highest BCUT2D eigenvalue weighted by Crippen LogP contribution is 2.19. The number of carbonyl (C=O) groups is 1. The molecule has 2 aliphatic rings. The molecular formula is C13H24N2O4S. The van der Waals surface area contributed by atoms with Crippen molar-refractivity contribution in [2.24, 2.45) is 0 Å². The molecule has 116 valence electrons. The van der Waals surface area contributed by atoms with Gasteiger partial charge in [0.1, 0.15) is 0 Å². The molecule has 1 N–H and O–H groups in total. The molecule has 0 aromatic carbocycles. The molecule has 0 aromatic heterocycles. The van der Waals surface area contributed by atoms with E-state index in [1.54, 1.807) is 4.90 Å². The van der Waals surface area contributed by atoms with Crippen molar-refractivity contribution in [2.75, 3.05) is 26.0 Å². The van der Waals surface area contributed by atoms with Crippen molar-refractivity contribution in [3.8, 4) is 0 Å². The molecule has 0 radical (unpaired) electrons. The van der Waals surface area contributed by atoms with Crippen LogP contribution in [0.25, 0.3) is 0 Å². The maximum atomic E-state index is 12.2. The Kier molecular flexibility index (Phi) is 4.90. The Balaban J connectivity index is 1.88. The van der Waals surface area contributed by atoms with E-state index in [1.807, 2.05) is 6.92 Å². The van der Waals surface area contributed by atoms with E-state index >= 15 is 0 Å². The van der Waals surface area contributed by atoms with Crippen LogP contribution in [-0.2, 0) is 14.6 Å². The number of carbonyl (C=O) groups excluding carboxylic acids is 1. The number of nitrogens with one attached hydrogen (secondary N) is 1. The minimum atomic E-state index is -3.07. The summed E-state index contributed by atoms with van der Waals surface area (Å²) < 4.78 is 28.6. The molecular weight excluding hydrogens is 280 g/mol. The van der Waals surface area contributed by atoms with Gasteiger partial charge < -0.3 is 15.0 Å². The van der Waals surface area contributed by atoms with E-state index in [1.165, 1.54) is 6.26 Å². The monoisotopic (exact) mass is 304 g/mol. The quantitative estimate of drug-likeness (QED) is 0.832. The van der Waals surface area contributed by atoms with Crippen LogP contribution >= 0.6 is 0 Å². The topological polar surface area (TPSA) is 75.7 Å². The lowest BCUT2D eigenvalue weighted by Crippen LogP contribution is -2.48. The Morgan fingerprint density at radius 3 is 2.70 bits per heavy atom. The molecule has 0 bridgehead atoms. The third-order valence-corrected chi connectivity index (χ3v) is 5.80. The maximum Gasteiger partial charge on any atom is 0.317 e. The van der Waals surface area contributed by atoms with Crippen LogP contribution in [0.2, 0.25) is 0 Å². The molecule has 2 heterocycles. The summed E-state index contributed by atoms with van der Waals surface area (Å²) in [6, 6.07) is -0.152. The van der Waals surface area contributed by atoms with Crippen molar-refractivity contribution in [3.05, 3.63) is 0 Å². The van der Waals surface area contributed by atoms with Gasteiger partial charge in [-0.15, -0.1) is 0 Å². The first-order valence-electron chi connectivity index (χ1n) is 7.27. The average Bonchev–Trinajstić information content (AvgIpc) is 3.04. The van der Waals surface area contributed by atoms with E-state index < -0.39 is 15.1 Å². The summed E-state index contributed by atoms with van der Waals surface area (Å²) in [5, 5.41) is 2.57. The molecule has 7 heteroatoms. The summed E-state index contributed by atoms with van der Waals surface area (Å²) >= 11 is 0. The van der Waals surface area contributed by atoms with Crippen molar-refractivity contribution in [3.63, 3.8) is 0 Å². The summed E-state index contributed by atoms with van der Waals surface area (Å²) in [5.41, 5.74) is 0. The highest BCUT2D eigenvalue weighted by Gasteiger charge is 2.34. The molecule has 20 heavy (non-hydrogen) atoms. The Bertz CT molecular complexity index is 445. The predicted octanol–water partition coefficient (Wildman–Crippen LogP) is 0.773. The third-order valence-electron chi connectivity index (χ3n) is 4.20. The summed E-state index contributed by atoms with van der Waals surface area (Å²) in [4.78, 5) is 13.8. The molecule has 2 aliphatic heterocycles. The van der Waals surface area contributed by atoms with Gasteiger partial charge in [-0.2, -0.15) is 0 Å². The number of ether oxygens (including phenoxy) is 1. The molecule has 2 rings (SSSR count). The predicted molar refractivity (Wildman–Crippen MR) is 76.4 cm³/mol. The zero-order valence-corrected chi connectivity index (χ0v) is 13.0. The van der Waals surface area contributed by atoms with Gasteiger partial charge in [0.2, 0.25) is 0 Å². The zero-order chi connectivity index (χ0) is 14.8. The van der Waals surface area contributed by atoms with Crippen LogP contribution in [0.4, 0.5) is 4.79 Å². The van der Waals surface area contributed by atoms with Crippen molar-refractivity contribution < 1.29 is 17.9 Å². The van der Waals surface area contributed by atoms with Crippen LogP contribution in [0.5, 0.6) is 0 Å². The van der Waals surface area contributed by atoms with Crippen molar-refractivity contribution in [1.29, 1.82) is 0 Å². The van der Waals surface area contributed by atoms with Crippen LogP contribution in [0.3, 0.4) is 0 Å². The van der Waals surface area contributed by atoms with Crippen molar-refractivity contribution >= 4 is 15.9 Å². The van der Waals surface area contributed by atoms with E-state index in [0.717, 1.165) is 25.9 Å². The number of hydrogen-bond donors (Lipinski definition) is 1. The lowest BCUT2D eigenvalue weighted by molar-refractivity contribution is 0.0775. The second kappa shape index (κ2) is 6.30. The number of likely N-dealkylation sites (tertiary alicyclic amines) is 1. The fourth-order valence-electron chi connectivity index (χ4n) is 2.89. The van der Waals surface area contributed by atoms with Crippen molar-refractivity contribution in [2.45, 2.75) is 50.0 Å². The van der Waals surface area contributed by atoms with Gasteiger partial charge in [0.25, 0.3) is 0 Å². The highest BCUT2D eigenvalue weighted by molar-refractivity contribution is 7.91. The minimum Gasteiger partial charge on any atom is -0.376 e. The van der Waals surface area contributed by atoms with Gasteiger partial charge in [-0.05, 0) is 25.7 Å². The number of hydrogen-bond acceptors (Lipinski definition) is 4. The van der Waals surface area contributed by atoms with Crippen LogP contribution in [0.15, 0.2) is 0 Å². The number of sulfone groups is 1. The number of urea groups is 1. The molecule has 0 spiro atoms. The zero-order valence-electron chi connectivity index (χ0n) is 12.2. The average molecular weight is 304 g/mol. The van der Waals surface area contributed by atoms with Crippen molar-refractivity contribution in [1.82, 2.24) is 10.2 Å². The molecule has 2 fully saturated rings. The van der Waals surface area contributed by atoms with Gasteiger partial charge in [0.15, 0.2) is 9.84 Å². The molecule has 0 saturated carbocycles. The first kappa shape index (κ1) is 15.6. The Morgan fingerprint density at radius 1 is 1.45 bits per heavy atom. The Morgan fingerprint density at radius 2 is 2.20 bits per heavy atom. The molecule has 6 nitrogen and oxygen atoms in total. The SMILES string of the molecule is CCC(NC(=O)N1CCC(S(C)(=O)=O)C1)C1CCCO1. The van der Waals surface area contributed by atoms with E-state index in [2.05, 4.69) is 5.32 Å². The number of nitrogens with zero attached hydrogens (tertiary/aromatic N) is 1. The van der Waals surface area contributed by atoms with E-state index in [4.69, 9.17) is 4.74 Å². The van der Waals surface area contributed by atoms with Gasteiger partial charge in [0.05, 0.1) is 17.4 Å². The molecule has 3 atom stereocenters. The molecule has 0 aliphatic carbocycles. The second-order valence-corrected chi connectivity index (χ2v) is 8.03. The lowest BCUT2D eigenvalue weighted by atomic mass is 10.1. The first-order valence-corrected chi connectivity index (χ1v) is 9.23. The first-order chi connectivity index (χ1) is 9.41. The van der Waals surface area contributed by atoms with E-state index in [0.29, 0.717) is 19.5 Å². The van der Waals surface area contributed by atoms with Crippen LogP contribution < -0.4 is 5.32 Å². The number of amides is 2. The fraction of sp³-hybridized carbons (Fsp3) is 0.923. The van der Waals surface area contributed by atoms with Gasteiger partial charge >= 0.3 is 6.03 Å². The van der Waals surface area contributed by atoms with Gasteiger partial charge in [-0.25, -0.2) is 13.2 Å². The molecule has 3 unspecified atom stereocenters. The smallest absolute Gasteiger partial charge is 0.317 e. The minimum absolute atomic E-state index is 0.0160. The van der Waals surface area contributed by atoms with Gasteiger partial charge in [-0.1, -0.05) is 6.92 Å². The van der Waals surface area contributed by atoms with E-state index in [9.17, 15) is 13.2 Å². The number of rotatable bonds is 4. The van der Waals surface area contributed by atoms with Gasteiger partial charge in [-0.3, -0.25) is 0 Å². The van der Waals surface area contributed by atoms with E-state index in [-0.39, 0.29) is 18.2 Å². The summed E-state index contributed by atoms with van der Waals surface area (Å²) in [5.74, 6) is 0. The molecule has 2 saturated heterocycles. The normalized spacial score (nSPS) is 28.6. The van der Waals surface area contributed by atoms with Crippen LogP contribution in [0, 0.1) is 0 Å². The largest absolute Gasteiger partial charge is 0.376 e. The summed E-state index contributed by atoms with van der Waals surface area (Å²) in [6.45, 7) is 3.59. The fourth-order valence-corrected chi connectivity index (χ4v) is 3.87. The Hall–Kier alpha value is -0.820. The summed E-state index contributed by atoms with van der Waals surface area (Å²) in [6.07, 6.45) is 4.70. The molecule has 0 aromatic rings. The highest BCUT2D eigenvalue weighted by atomic mass is 32.2. The Labute approximate surface area is 120 Å². The third kappa shape index (κ3) is 3.63. The standard InChI is InChI=1S/C13H24N2O4S/c1-3-11(12-5-4-8-19-12)14-13(16)15-7-6-10(9-15)20(2,17)18/h10-12H,3-9H2,1-2H3,(H,14,16). The van der Waals surface area contributed by atoms with Gasteiger partial charge in [0, 0.05) is 26.0 Å². The lowest BCUT2D eigenvalue weighted by Gasteiger charge is -2.26. The van der Waals surface area contributed by atoms with Crippen LogP contribution in [0.1, 0.15) is 32.6 Å². The summed E-state index contributed by atoms with van der Waals surface area (Å²) in [7, 11) is -3.07. The molecule has 2 amide bonds.